The van der Waals surface area contributed by atoms with Gasteiger partial charge in [0.1, 0.15) is 5.75 Å². The van der Waals surface area contributed by atoms with Crippen LogP contribution in [0.4, 0.5) is 5.69 Å². The van der Waals surface area contributed by atoms with E-state index in [0.717, 1.165) is 9.87 Å². The van der Waals surface area contributed by atoms with Gasteiger partial charge in [0.15, 0.2) is 0 Å². The summed E-state index contributed by atoms with van der Waals surface area (Å²) in [4.78, 5) is 14.1. The van der Waals surface area contributed by atoms with Crippen LogP contribution in [0.2, 0.25) is 5.02 Å². The van der Waals surface area contributed by atoms with Gasteiger partial charge in [-0.1, -0.05) is 72.3 Å². The highest BCUT2D eigenvalue weighted by Gasteiger charge is 2.33. The van der Waals surface area contributed by atoms with E-state index < -0.39 is 15.9 Å². The van der Waals surface area contributed by atoms with E-state index in [1.54, 1.807) is 54.6 Å². The van der Waals surface area contributed by atoms with Gasteiger partial charge in [-0.3, -0.25) is 4.79 Å². The number of hydrogen-bond acceptors (Lipinski definition) is 4. The quantitative estimate of drug-likeness (QED) is 0.193. The van der Waals surface area contributed by atoms with Crippen LogP contribution in [0.1, 0.15) is 18.1 Å². The molecule has 4 rings (SSSR count). The fourth-order valence-corrected chi connectivity index (χ4v) is 5.17. The maximum Gasteiger partial charge on any atom is 0.272 e. The third-order valence-corrected chi connectivity index (χ3v) is 7.32. The van der Waals surface area contributed by atoms with Crippen LogP contribution in [0.25, 0.3) is 11.6 Å². The summed E-state index contributed by atoms with van der Waals surface area (Å²) in [6, 6.07) is 30.4. The summed E-state index contributed by atoms with van der Waals surface area (Å²) in [5.74, 6) is -0.121. The van der Waals surface area contributed by atoms with Crippen LogP contribution in [0.3, 0.4) is 0 Å². The minimum absolute atomic E-state index is 0.0544. The monoisotopic (exact) mass is 517 g/mol. The Morgan fingerprint density at radius 3 is 2.00 bits per heavy atom. The largest absolute Gasteiger partial charge is 0.494 e. The van der Waals surface area contributed by atoms with E-state index in [1.165, 1.54) is 24.3 Å². The van der Waals surface area contributed by atoms with Crippen molar-refractivity contribution in [2.24, 2.45) is 0 Å². The van der Waals surface area contributed by atoms with Gasteiger partial charge in [0, 0.05) is 10.6 Å². The number of ether oxygens (including phenoxy) is 1. The van der Waals surface area contributed by atoms with Gasteiger partial charge in [-0.25, -0.2) is 8.42 Å². The molecule has 0 saturated carbocycles. The number of rotatable bonds is 8. The first-order valence-electron chi connectivity index (χ1n) is 11.3. The topological polar surface area (TPSA) is 63.7 Å². The zero-order valence-corrected chi connectivity index (χ0v) is 21.1. The molecule has 1 amide bonds. The van der Waals surface area contributed by atoms with Crippen molar-refractivity contribution in [2.75, 3.05) is 10.9 Å². The Balaban J connectivity index is 1.90. The van der Waals surface area contributed by atoms with Crippen molar-refractivity contribution in [1.29, 1.82) is 0 Å². The molecule has 0 bridgehead atoms. The molecular formula is C29H24ClNO4S. The second kappa shape index (κ2) is 11.2. The first kappa shape index (κ1) is 25.2. The number of anilines is 1. The molecule has 0 N–H and O–H groups in total. The predicted molar refractivity (Wildman–Crippen MR) is 144 cm³/mol. The maximum absolute atomic E-state index is 14.2. The van der Waals surface area contributed by atoms with Crippen molar-refractivity contribution in [3.8, 4) is 5.75 Å². The van der Waals surface area contributed by atoms with E-state index in [2.05, 4.69) is 0 Å². The van der Waals surface area contributed by atoms with Crippen molar-refractivity contribution >= 4 is 44.9 Å². The van der Waals surface area contributed by atoms with Crippen molar-refractivity contribution in [3.05, 3.63) is 125 Å². The van der Waals surface area contributed by atoms with Crippen LogP contribution in [0.5, 0.6) is 5.75 Å². The summed E-state index contributed by atoms with van der Waals surface area (Å²) in [7, 11) is -4.30. The number of amides is 1. The molecule has 0 radical (unpaired) electrons. The summed E-state index contributed by atoms with van der Waals surface area (Å²) >= 11 is 5.99. The van der Waals surface area contributed by atoms with Gasteiger partial charge in [0.25, 0.3) is 15.9 Å². The lowest BCUT2D eigenvalue weighted by molar-refractivity contribution is -0.112. The SMILES string of the molecule is CCOc1ccc(N(C(=O)/C(=C/c2ccccc2)c2ccccc2)S(=O)(=O)c2ccc(Cl)cc2)cc1. The second-order valence-electron chi connectivity index (χ2n) is 7.79. The Morgan fingerprint density at radius 2 is 1.42 bits per heavy atom. The number of halogens is 1. The third kappa shape index (κ3) is 5.67. The van der Waals surface area contributed by atoms with Gasteiger partial charge >= 0.3 is 0 Å². The van der Waals surface area contributed by atoms with Crippen molar-refractivity contribution in [1.82, 2.24) is 0 Å². The van der Waals surface area contributed by atoms with Crippen LogP contribution >= 0.6 is 11.6 Å². The zero-order valence-electron chi connectivity index (χ0n) is 19.5. The number of carbonyl (C=O) groups is 1. The zero-order chi connectivity index (χ0) is 25.5. The van der Waals surface area contributed by atoms with Gasteiger partial charge < -0.3 is 4.74 Å². The number of sulfonamides is 1. The van der Waals surface area contributed by atoms with Gasteiger partial charge in [-0.15, -0.1) is 0 Å². The molecule has 7 heteroatoms. The molecule has 0 heterocycles. The molecule has 0 aliphatic heterocycles. The van der Waals surface area contributed by atoms with Gasteiger partial charge in [-0.05, 0) is 72.7 Å². The fraction of sp³-hybridized carbons (Fsp3) is 0.0690. The van der Waals surface area contributed by atoms with Gasteiger partial charge in [0.2, 0.25) is 0 Å². The fourth-order valence-electron chi connectivity index (χ4n) is 3.63. The standard InChI is InChI=1S/C29H24ClNO4S/c1-2-35-26-17-15-25(16-18-26)31(36(33,34)27-19-13-24(30)14-20-27)29(32)28(23-11-7-4-8-12-23)21-22-9-5-3-6-10-22/h3-21H,2H2,1H3/b28-21+. The van der Waals surface area contributed by atoms with Crippen molar-refractivity contribution < 1.29 is 17.9 Å². The Bertz CT molecular complexity index is 1450. The first-order chi connectivity index (χ1) is 17.4. The van der Waals surface area contributed by atoms with Crippen LogP contribution in [0, 0.1) is 0 Å². The summed E-state index contributed by atoms with van der Waals surface area (Å²) < 4.78 is 34.1. The van der Waals surface area contributed by atoms with Crippen molar-refractivity contribution in [2.45, 2.75) is 11.8 Å². The average Bonchev–Trinajstić information content (AvgIpc) is 2.90. The third-order valence-electron chi connectivity index (χ3n) is 5.34. The summed E-state index contributed by atoms with van der Waals surface area (Å²) in [5, 5.41) is 0.391. The lowest BCUT2D eigenvalue weighted by Gasteiger charge is -2.24. The lowest BCUT2D eigenvalue weighted by Crippen LogP contribution is -2.37. The van der Waals surface area contributed by atoms with Crippen LogP contribution < -0.4 is 9.04 Å². The summed E-state index contributed by atoms with van der Waals surface area (Å²) in [6.07, 6.45) is 1.69. The van der Waals surface area contributed by atoms with Crippen LogP contribution in [-0.2, 0) is 14.8 Å². The maximum atomic E-state index is 14.2. The Kier molecular flexibility index (Phi) is 7.88. The molecule has 4 aromatic carbocycles. The normalized spacial score (nSPS) is 11.7. The van der Waals surface area contributed by atoms with E-state index in [9.17, 15) is 13.2 Å². The molecule has 0 unspecified atom stereocenters. The Hall–Kier alpha value is -3.87. The number of benzene rings is 4. The minimum atomic E-state index is -4.30. The molecule has 182 valence electrons. The number of hydrogen-bond donors (Lipinski definition) is 0. The van der Waals surface area contributed by atoms with E-state index in [4.69, 9.17) is 16.3 Å². The molecule has 0 spiro atoms. The molecule has 0 aliphatic rings. The Labute approximate surface area is 216 Å². The van der Waals surface area contributed by atoms with Crippen molar-refractivity contribution in [3.63, 3.8) is 0 Å². The number of carbonyl (C=O) groups excluding carboxylic acids is 1. The van der Waals surface area contributed by atoms with Gasteiger partial charge in [-0.2, -0.15) is 4.31 Å². The van der Waals surface area contributed by atoms with Crippen LogP contribution in [0.15, 0.2) is 114 Å². The number of nitrogens with zero attached hydrogens (tertiary/aromatic N) is 1. The predicted octanol–water partition coefficient (Wildman–Crippen LogP) is 6.70. The molecule has 0 atom stereocenters. The molecule has 0 saturated heterocycles. The second-order valence-corrected chi connectivity index (χ2v) is 10.0. The minimum Gasteiger partial charge on any atom is -0.494 e. The summed E-state index contributed by atoms with van der Waals surface area (Å²) in [6.45, 7) is 2.32. The van der Waals surface area contributed by atoms with E-state index >= 15 is 0 Å². The smallest absolute Gasteiger partial charge is 0.272 e. The molecule has 4 aromatic rings. The molecule has 0 aliphatic carbocycles. The lowest BCUT2D eigenvalue weighted by atomic mass is 10.0. The highest BCUT2D eigenvalue weighted by molar-refractivity contribution is 7.93. The molecule has 0 aromatic heterocycles. The van der Waals surface area contributed by atoms with E-state index in [0.29, 0.717) is 22.9 Å². The molecule has 36 heavy (non-hydrogen) atoms. The molecule has 5 nitrogen and oxygen atoms in total. The summed E-state index contributed by atoms with van der Waals surface area (Å²) in [5.41, 5.74) is 1.77. The first-order valence-corrected chi connectivity index (χ1v) is 13.1. The highest BCUT2D eigenvalue weighted by atomic mass is 35.5. The molecule has 0 fully saturated rings. The Morgan fingerprint density at radius 1 is 0.833 bits per heavy atom. The van der Waals surface area contributed by atoms with E-state index in [1.807, 2.05) is 43.3 Å². The van der Waals surface area contributed by atoms with Crippen LogP contribution in [-0.4, -0.2) is 20.9 Å². The molecular weight excluding hydrogens is 494 g/mol. The highest BCUT2D eigenvalue weighted by Crippen LogP contribution is 2.31. The average molecular weight is 518 g/mol. The van der Waals surface area contributed by atoms with Gasteiger partial charge in [0.05, 0.1) is 17.2 Å². The van der Waals surface area contributed by atoms with E-state index in [-0.39, 0.29) is 16.2 Å².